The number of aryl methyl sites for hydroxylation is 1. The maximum absolute atomic E-state index is 5.53. The van der Waals surface area contributed by atoms with Crippen molar-refractivity contribution in [2.45, 2.75) is 19.9 Å². The molecule has 0 saturated carbocycles. The molecule has 1 heterocycles. The van der Waals surface area contributed by atoms with Gasteiger partial charge < -0.3 is 5.73 Å². The smallest absolute Gasteiger partial charge is 0.0645 e. The first-order chi connectivity index (χ1) is 7.33. The lowest BCUT2D eigenvalue weighted by Gasteiger charge is -2.02. The third kappa shape index (κ3) is 2.07. The second-order valence-corrected chi connectivity index (χ2v) is 3.52. The SMILES string of the molecule is CCc1ccc(-n2cc(CN)cn2)cc1. The van der Waals surface area contributed by atoms with Gasteiger partial charge in [-0.2, -0.15) is 5.10 Å². The van der Waals surface area contributed by atoms with Crippen LogP contribution in [0.1, 0.15) is 18.1 Å². The first kappa shape index (κ1) is 9.93. The summed E-state index contributed by atoms with van der Waals surface area (Å²) in [4.78, 5) is 0. The molecule has 78 valence electrons. The Kier molecular flexibility index (Phi) is 2.83. The van der Waals surface area contributed by atoms with Gasteiger partial charge in [0.2, 0.25) is 0 Å². The first-order valence-corrected chi connectivity index (χ1v) is 5.16. The molecule has 0 aliphatic heterocycles. The van der Waals surface area contributed by atoms with Crippen molar-refractivity contribution in [3.05, 3.63) is 47.8 Å². The molecule has 2 N–H and O–H groups in total. The van der Waals surface area contributed by atoms with E-state index in [1.165, 1.54) is 5.56 Å². The van der Waals surface area contributed by atoms with Crippen LogP contribution in [0.3, 0.4) is 0 Å². The number of nitrogens with two attached hydrogens (primary N) is 1. The first-order valence-electron chi connectivity index (χ1n) is 5.16. The van der Waals surface area contributed by atoms with E-state index in [0.717, 1.165) is 17.7 Å². The summed E-state index contributed by atoms with van der Waals surface area (Å²) in [6.45, 7) is 2.68. The lowest BCUT2D eigenvalue weighted by molar-refractivity contribution is 0.878. The van der Waals surface area contributed by atoms with Crippen LogP contribution in [0, 0.1) is 0 Å². The van der Waals surface area contributed by atoms with Crippen LogP contribution >= 0.6 is 0 Å². The highest BCUT2D eigenvalue weighted by Gasteiger charge is 1.99. The van der Waals surface area contributed by atoms with Crippen LogP contribution in [0.2, 0.25) is 0 Å². The lowest BCUT2D eigenvalue weighted by Crippen LogP contribution is -1.95. The number of hydrogen-bond acceptors (Lipinski definition) is 2. The van der Waals surface area contributed by atoms with Crippen LogP contribution in [0.4, 0.5) is 0 Å². The van der Waals surface area contributed by atoms with Gasteiger partial charge in [-0.25, -0.2) is 4.68 Å². The number of benzene rings is 1. The Morgan fingerprint density at radius 1 is 1.20 bits per heavy atom. The Balaban J connectivity index is 2.28. The zero-order chi connectivity index (χ0) is 10.7. The molecule has 0 aliphatic rings. The largest absolute Gasteiger partial charge is 0.326 e. The molecule has 3 nitrogen and oxygen atoms in total. The van der Waals surface area contributed by atoms with Crippen LogP contribution in [-0.2, 0) is 13.0 Å². The van der Waals surface area contributed by atoms with Crippen molar-refractivity contribution in [1.82, 2.24) is 9.78 Å². The highest BCUT2D eigenvalue weighted by Crippen LogP contribution is 2.10. The summed E-state index contributed by atoms with van der Waals surface area (Å²) in [5, 5.41) is 4.25. The summed E-state index contributed by atoms with van der Waals surface area (Å²) in [7, 11) is 0. The van der Waals surface area contributed by atoms with Crippen molar-refractivity contribution >= 4 is 0 Å². The molecule has 0 bridgehead atoms. The second-order valence-electron chi connectivity index (χ2n) is 3.52. The zero-order valence-electron chi connectivity index (χ0n) is 8.85. The summed E-state index contributed by atoms with van der Waals surface area (Å²) < 4.78 is 1.85. The molecular weight excluding hydrogens is 186 g/mol. The quantitative estimate of drug-likeness (QED) is 0.824. The highest BCUT2D eigenvalue weighted by atomic mass is 15.3. The molecule has 0 saturated heterocycles. The molecule has 0 aliphatic carbocycles. The van der Waals surface area contributed by atoms with Gasteiger partial charge in [0.05, 0.1) is 11.9 Å². The summed E-state index contributed by atoms with van der Waals surface area (Å²) in [6, 6.07) is 8.40. The van der Waals surface area contributed by atoms with Gasteiger partial charge >= 0.3 is 0 Å². The van der Waals surface area contributed by atoms with Crippen molar-refractivity contribution in [1.29, 1.82) is 0 Å². The standard InChI is InChI=1S/C12H15N3/c1-2-10-3-5-12(6-4-10)15-9-11(7-13)8-14-15/h3-6,8-9H,2,7,13H2,1H3. The van der Waals surface area contributed by atoms with Crippen LogP contribution < -0.4 is 5.73 Å². The van der Waals surface area contributed by atoms with E-state index in [1.807, 2.05) is 10.9 Å². The van der Waals surface area contributed by atoms with E-state index >= 15 is 0 Å². The zero-order valence-corrected chi connectivity index (χ0v) is 8.85. The van der Waals surface area contributed by atoms with E-state index in [0.29, 0.717) is 6.54 Å². The Morgan fingerprint density at radius 3 is 2.47 bits per heavy atom. The van der Waals surface area contributed by atoms with Crippen molar-refractivity contribution in [2.75, 3.05) is 0 Å². The van der Waals surface area contributed by atoms with Gasteiger partial charge in [0.15, 0.2) is 0 Å². The predicted octanol–water partition coefficient (Wildman–Crippen LogP) is 1.89. The molecule has 1 aromatic carbocycles. The summed E-state index contributed by atoms with van der Waals surface area (Å²) in [5.41, 5.74) is 9.00. The summed E-state index contributed by atoms with van der Waals surface area (Å²) in [5.74, 6) is 0. The number of hydrogen-bond donors (Lipinski definition) is 1. The van der Waals surface area contributed by atoms with Gasteiger partial charge in [0.25, 0.3) is 0 Å². The summed E-state index contributed by atoms with van der Waals surface area (Å²) in [6.07, 6.45) is 4.82. The fraction of sp³-hybridized carbons (Fsp3) is 0.250. The minimum absolute atomic E-state index is 0.535. The molecule has 2 rings (SSSR count). The van der Waals surface area contributed by atoms with Gasteiger partial charge in [-0.05, 0) is 24.1 Å². The van der Waals surface area contributed by atoms with Gasteiger partial charge in [-0.3, -0.25) is 0 Å². The van der Waals surface area contributed by atoms with E-state index in [-0.39, 0.29) is 0 Å². The normalized spacial score (nSPS) is 10.5. The van der Waals surface area contributed by atoms with Crippen LogP contribution in [0.15, 0.2) is 36.7 Å². The van der Waals surface area contributed by atoms with Gasteiger partial charge in [0.1, 0.15) is 0 Å². The third-order valence-electron chi connectivity index (χ3n) is 2.48. The Labute approximate surface area is 89.5 Å². The molecule has 0 spiro atoms. The van der Waals surface area contributed by atoms with Crippen molar-refractivity contribution in [3.63, 3.8) is 0 Å². The number of aromatic nitrogens is 2. The predicted molar refractivity (Wildman–Crippen MR) is 60.8 cm³/mol. The molecule has 0 radical (unpaired) electrons. The molecule has 0 amide bonds. The van der Waals surface area contributed by atoms with Gasteiger partial charge in [-0.15, -0.1) is 0 Å². The minimum Gasteiger partial charge on any atom is -0.326 e. The van der Waals surface area contributed by atoms with Crippen LogP contribution in [0.25, 0.3) is 5.69 Å². The average molecular weight is 201 g/mol. The topological polar surface area (TPSA) is 43.8 Å². The molecule has 0 unspecified atom stereocenters. The molecule has 2 aromatic rings. The monoisotopic (exact) mass is 201 g/mol. The highest BCUT2D eigenvalue weighted by molar-refractivity contribution is 5.34. The molecule has 3 heteroatoms. The number of nitrogens with zero attached hydrogens (tertiary/aromatic N) is 2. The van der Waals surface area contributed by atoms with Crippen molar-refractivity contribution < 1.29 is 0 Å². The van der Waals surface area contributed by atoms with Gasteiger partial charge in [-0.1, -0.05) is 19.1 Å². The van der Waals surface area contributed by atoms with Crippen molar-refractivity contribution in [3.8, 4) is 5.69 Å². The Hall–Kier alpha value is -1.61. The van der Waals surface area contributed by atoms with Crippen LogP contribution in [-0.4, -0.2) is 9.78 Å². The van der Waals surface area contributed by atoms with E-state index in [1.54, 1.807) is 6.20 Å². The Bertz CT molecular complexity index is 428. The molecule has 0 fully saturated rings. The number of rotatable bonds is 3. The fourth-order valence-corrected chi connectivity index (χ4v) is 1.49. The summed E-state index contributed by atoms with van der Waals surface area (Å²) >= 11 is 0. The maximum atomic E-state index is 5.53. The molecular formula is C12H15N3. The molecule has 0 atom stereocenters. The van der Waals surface area contributed by atoms with E-state index < -0.39 is 0 Å². The lowest BCUT2D eigenvalue weighted by atomic mass is 10.1. The van der Waals surface area contributed by atoms with Crippen molar-refractivity contribution in [2.24, 2.45) is 5.73 Å². The van der Waals surface area contributed by atoms with E-state index in [2.05, 4.69) is 36.3 Å². The molecule has 15 heavy (non-hydrogen) atoms. The fourth-order valence-electron chi connectivity index (χ4n) is 1.49. The minimum atomic E-state index is 0.535. The second kappa shape index (κ2) is 4.28. The molecule has 1 aromatic heterocycles. The average Bonchev–Trinajstić information content (AvgIpc) is 2.78. The van der Waals surface area contributed by atoms with E-state index in [4.69, 9.17) is 5.73 Å². The maximum Gasteiger partial charge on any atom is 0.0645 e. The van der Waals surface area contributed by atoms with Gasteiger partial charge in [0, 0.05) is 18.3 Å². The Morgan fingerprint density at radius 2 is 1.93 bits per heavy atom. The third-order valence-corrected chi connectivity index (χ3v) is 2.48. The van der Waals surface area contributed by atoms with E-state index in [9.17, 15) is 0 Å². The van der Waals surface area contributed by atoms with Crippen LogP contribution in [0.5, 0.6) is 0 Å².